The molecule has 1 aliphatic rings. The summed E-state index contributed by atoms with van der Waals surface area (Å²) >= 11 is 7.50. The number of anilines is 2. The third kappa shape index (κ3) is 3.73. The number of rotatable bonds is 4. The maximum Gasteiger partial charge on any atom is 0.251 e. The molecule has 1 aliphatic heterocycles. The molecule has 8 heteroatoms. The molecule has 3 heterocycles. The maximum atomic E-state index is 12.4. The Bertz CT molecular complexity index is 922. The summed E-state index contributed by atoms with van der Waals surface area (Å²) in [7, 11) is 0. The van der Waals surface area contributed by atoms with Gasteiger partial charge in [-0.25, -0.2) is 9.97 Å². The van der Waals surface area contributed by atoms with Crippen LogP contribution < -0.4 is 16.0 Å². The van der Waals surface area contributed by atoms with Gasteiger partial charge >= 0.3 is 0 Å². The van der Waals surface area contributed by atoms with Crippen LogP contribution in [0.3, 0.4) is 0 Å². The highest BCUT2D eigenvalue weighted by Crippen LogP contribution is 2.29. The number of amides is 1. The molecule has 0 spiro atoms. The molecule has 1 amide bonds. The van der Waals surface area contributed by atoms with Gasteiger partial charge in [0.15, 0.2) is 5.13 Å². The summed E-state index contributed by atoms with van der Waals surface area (Å²) in [6.45, 7) is 1.76. The molecule has 25 heavy (non-hydrogen) atoms. The second-order valence-corrected chi connectivity index (χ2v) is 7.32. The molecule has 1 saturated heterocycles. The van der Waals surface area contributed by atoms with Crippen LogP contribution in [0.15, 0.2) is 36.5 Å². The zero-order chi connectivity index (χ0) is 17.2. The Labute approximate surface area is 153 Å². The monoisotopic (exact) mass is 373 g/mol. The van der Waals surface area contributed by atoms with E-state index in [1.807, 2.05) is 18.2 Å². The molecule has 0 bridgehead atoms. The van der Waals surface area contributed by atoms with Crippen molar-refractivity contribution in [1.29, 1.82) is 0 Å². The van der Waals surface area contributed by atoms with Gasteiger partial charge in [0.2, 0.25) is 0 Å². The second kappa shape index (κ2) is 6.95. The van der Waals surface area contributed by atoms with E-state index in [0.29, 0.717) is 21.5 Å². The number of fused-ring (bicyclic) bond motifs is 1. The van der Waals surface area contributed by atoms with Crippen LogP contribution in [0.2, 0.25) is 5.02 Å². The molecule has 0 saturated carbocycles. The summed E-state index contributed by atoms with van der Waals surface area (Å²) in [5.41, 5.74) is 1.45. The molecule has 1 unspecified atom stereocenters. The van der Waals surface area contributed by atoms with Crippen LogP contribution in [-0.2, 0) is 0 Å². The van der Waals surface area contributed by atoms with E-state index in [1.54, 1.807) is 18.3 Å². The van der Waals surface area contributed by atoms with Crippen molar-refractivity contribution >= 4 is 50.0 Å². The van der Waals surface area contributed by atoms with Gasteiger partial charge in [0.05, 0.1) is 10.2 Å². The molecule has 1 fully saturated rings. The predicted molar refractivity (Wildman–Crippen MR) is 101 cm³/mol. The quantitative estimate of drug-likeness (QED) is 0.654. The Balaban J connectivity index is 1.51. The van der Waals surface area contributed by atoms with E-state index < -0.39 is 0 Å². The first kappa shape index (κ1) is 16.3. The minimum absolute atomic E-state index is 0.0877. The minimum atomic E-state index is -0.0877. The van der Waals surface area contributed by atoms with Crippen molar-refractivity contribution in [2.75, 3.05) is 18.4 Å². The smallest absolute Gasteiger partial charge is 0.251 e. The number of pyridine rings is 1. The zero-order valence-corrected chi connectivity index (χ0v) is 14.8. The number of hydrogen-bond acceptors (Lipinski definition) is 6. The Kier molecular flexibility index (Phi) is 4.52. The van der Waals surface area contributed by atoms with Crippen molar-refractivity contribution in [3.05, 3.63) is 47.1 Å². The summed E-state index contributed by atoms with van der Waals surface area (Å²) in [6.07, 6.45) is 2.57. The lowest BCUT2D eigenvalue weighted by Crippen LogP contribution is -2.36. The van der Waals surface area contributed by atoms with E-state index >= 15 is 0 Å². The van der Waals surface area contributed by atoms with Crippen LogP contribution in [0, 0.1) is 0 Å². The third-order valence-electron chi connectivity index (χ3n) is 4.00. The fourth-order valence-electron chi connectivity index (χ4n) is 2.75. The highest BCUT2D eigenvalue weighted by atomic mass is 35.5. The Morgan fingerprint density at radius 3 is 3.08 bits per heavy atom. The number of benzene rings is 1. The summed E-state index contributed by atoms with van der Waals surface area (Å²) in [5, 5.41) is 10.8. The van der Waals surface area contributed by atoms with Gasteiger partial charge in [0.1, 0.15) is 5.82 Å². The standard InChI is InChI=1S/C17H16ClN5OS/c18-11-1-2-13-14(8-11)25-17(22-13)23-15-7-10(3-6-20-15)16(24)21-12-4-5-19-9-12/h1-3,6-8,12,19H,4-5,9H2,(H,21,24)(H,20,22,23). The average molecular weight is 374 g/mol. The SMILES string of the molecule is O=C(NC1CCNC1)c1ccnc(Nc2nc3ccc(Cl)cc3s2)c1. The molecule has 0 radical (unpaired) electrons. The van der Waals surface area contributed by atoms with Crippen LogP contribution in [0.5, 0.6) is 0 Å². The van der Waals surface area contributed by atoms with Gasteiger partial charge in [-0.1, -0.05) is 22.9 Å². The van der Waals surface area contributed by atoms with Gasteiger partial charge in [-0.3, -0.25) is 4.79 Å². The molecule has 3 aromatic rings. The highest BCUT2D eigenvalue weighted by Gasteiger charge is 2.18. The van der Waals surface area contributed by atoms with E-state index in [9.17, 15) is 4.79 Å². The number of nitrogens with one attached hydrogen (secondary N) is 3. The van der Waals surface area contributed by atoms with Gasteiger partial charge < -0.3 is 16.0 Å². The fourth-order valence-corrected chi connectivity index (χ4v) is 3.90. The van der Waals surface area contributed by atoms with E-state index in [4.69, 9.17) is 11.6 Å². The summed E-state index contributed by atoms with van der Waals surface area (Å²) in [5.74, 6) is 0.498. The fraction of sp³-hybridized carbons (Fsp3) is 0.235. The number of carbonyl (C=O) groups is 1. The first-order chi connectivity index (χ1) is 12.2. The molecule has 4 rings (SSSR count). The van der Waals surface area contributed by atoms with Crippen molar-refractivity contribution in [1.82, 2.24) is 20.6 Å². The first-order valence-electron chi connectivity index (χ1n) is 7.98. The molecule has 1 aromatic carbocycles. The van der Waals surface area contributed by atoms with Gasteiger partial charge in [0, 0.05) is 29.4 Å². The number of hydrogen-bond donors (Lipinski definition) is 3. The largest absolute Gasteiger partial charge is 0.348 e. The lowest BCUT2D eigenvalue weighted by Gasteiger charge is -2.11. The summed E-state index contributed by atoms with van der Waals surface area (Å²) in [6, 6.07) is 9.21. The lowest BCUT2D eigenvalue weighted by molar-refractivity contribution is 0.0940. The van der Waals surface area contributed by atoms with Crippen LogP contribution in [0.25, 0.3) is 10.2 Å². The number of aromatic nitrogens is 2. The molecular formula is C17H16ClN5OS. The molecule has 1 atom stereocenters. The van der Waals surface area contributed by atoms with Crippen LogP contribution in [0.1, 0.15) is 16.8 Å². The number of carbonyl (C=O) groups excluding carboxylic acids is 1. The van der Waals surface area contributed by atoms with Crippen LogP contribution in [-0.4, -0.2) is 35.0 Å². The lowest BCUT2D eigenvalue weighted by atomic mass is 10.2. The normalized spacial score (nSPS) is 16.9. The number of halogens is 1. The molecule has 6 nitrogen and oxygen atoms in total. The van der Waals surface area contributed by atoms with Crippen LogP contribution in [0.4, 0.5) is 10.9 Å². The van der Waals surface area contributed by atoms with Crippen molar-refractivity contribution in [2.45, 2.75) is 12.5 Å². The second-order valence-electron chi connectivity index (χ2n) is 5.85. The first-order valence-corrected chi connectivity index (χ1v) is 9.17. The predicted octanol–water partition coefficient (Wildman–Crippen LogP) is 3.18. The molecule has 128 valence electrons. The molecule has 3 N–H and O–H groups in total. The zero-order valence-electron chi connectivity index (χ0n) is 13.3. The van der Waals surface area contributed by atoms with Crippen molar-refractivity contribution in [3.63, 3.8) is 0 Å². The van der Waals surface area contributed by atoms with Gasteiger partial charge in [-0.15, -0.1) is 0 Å². The third-order valence-corrected chi connectivity index (χ3v) is 5.17. The van der Waals surface area contributed by atoms with E-state index in [0.717, 1.165) is 29.7 Å². The van der Waals surface area contributed by atoms with E-state index in [-0.39, 0.29) is 11.9 Å². The Morgan fingerprint density at radius 1 is 1.32 bits per heavy atom. The molecule has 0 aliphatic carbocycles. The van der Waals surface area contributed by atoms with E-state index in [2.05, 4.69) is 25.9 Å². The summed E-state index contributed by atoms with van der Waals surface area (Å²) < 4.78 is 0.998. The maximum absolute atomic E-state index is 12.4. The minimum Gasteiger partial charge on any atom is -0.348 e. The van der Waals surface area contributed by atoms with Gasteiger partial charge in [-0.05, 0) is 43.3 Å². The Morgan fingerprint density at radius 2 is 2.24 bits per heavy atom. The van der Waals surface area contributed by atoms with Crippen molar-refractivity contribution in [2.24, 2.45) is 0 Å². The van der Waals surface area contributed by atoms with Crippen LogP contribution >= 0.6 is 22.9 Å². The Hall–Kier alpha value is -2.22. The summed E-state index contributed by atoms with van der Waals surface area (Å²) in [4.78, 5) is 21.1. The molecular weight excluding hydrogens is 358 g/mol. The topological polar surface area (TPSA) is 78.9 Å². The number of nitrogens with zero attached hydrogens (tertiary/aromatic N) is 2. The number of thiazole rings is 1. The van der Waals surface area contributed by atoms with Gasteiger partial charge in [-0.2, -0.15) is 0 Å². The average Bonchev–Trinajstić information content (AvgIpc) is 3.24. The van der Waals surface area contributed by atoms with Crippen molar-refractivity contribution < 1.29 is 4.79 Å². The van der Waals surface area contributed by atoms with Gasteiger partial charge in [0.25, 0.3) is 5.91 Å². The van der Waals surface area contributed by atoms with Crippen molar-refractivity contribution in [3.8, 4) is 0 Å². The molecule has 2 aromatic heterocycles. The van der Waals surface area contributed by atoms with E-state index in [1.165, 1.54) is 11.3 Å². The highest BCUT2D eigenvalue weighted by molar-refractivity contribution is 7.22.